The highest BCUT2D eigenvalue weighted by Crippen LogP contribution is 2.34. The zero-order valence-corrected chi connectivity index (χ0v) is 19.1. The van der Waals surface area contributed by atoms with Crippen LogP contribution in [0.25, 0.3) is 5.57 Å². The van der Waals surface area contributed by atoms with Crippen molar-refractivity contribution in [1.82, 2.24) is 0 Å². The summed E-state index contributed by atoms with van der Waals surface area (Å²) in [7, 11) is 0. The molecule has 1 heterocycles. The summed E-state index contributed by atoms with van der Waals surface area (Å²) in [5.41, 5.74) is 5.27. The molecule has 3 aromatic carbocycles. The van der Waals surface area contributed by atoms with Crippen molar-refractivity contribution in [3.05, 3.63) is 100 Å². The van der Waals surface area contributed by atoms with E-state index in [-0.39, 0.29) is 11.3 Å². The van der Waals surface area contributed by atoms with Crippen molar-refractivity contribution in [2.45, 2.75) is 40.0 Å². The molecule has 0 saturated heterocycles. The number of halogens is 1. The van der Waals surface area contributed by atoms with Gasteiger partial charge in [0.25, 0.3) is 11.8 Å². The molecule has 2 amide bonds. The first-order valence-electron chi connectivity index (χ1n) is 11.2. The van der Waals surface area contributed by atoms with Crippen LogP contribution in [0.2, 0.25) is 0 Å². The molecule has 1 aliphatic heterocycles. The Morgan fingerprint density at radius 3 is 2.30 bits per heavy atom. The van der Waals surface area contributed by atoms with E-state index >= 15 is 0 Å². The minimum Gasteiger partial charge on any atom is -0.350 e. The standard InChI is InChI=1S/C28H27FN2O2/c1-4-5-7-20-11-14-24(15-12-20)31-27(32)25(21-13-10-18(2)19(3)16-21)26(28(31)33)30-23-9-6-8-22(29)17-23/h6,8-17,30H,4-5,7H2,1-3H3. The maximum atomic E-state index is 13.8. The lowest BCUT2D eigenvalue weighted by Gasteiger charge is -2.16. The molecule has 168 valence electrons. The summed E-state index contributed by atoms with van der Waals surface area (Å²) >= 11 is 0. The summed E-state index contributed by atoms with van der Waals surface area (Å²) in [5.74, 6) is -1.29. The number of hydrogen-bond acceptors (Lipinski definition) is 3. The summed E-state index contributed by atoms with van der Waals surface area (Å²) in [4.78, 5) is 28.3. The number of carbonyl (C=O) groups is 2. The monoisotopic (exact) mass is 442 g/mol. The van der Waals surface area contributed by atoms with Gasteiger partial charge in [0.2, 0.25) is 0 Å². The summed E-state index contributed by atoms with van der Waals surface area (Å²) in [5, 5.41) is 3.01. The number of aryl methyl sites for hydroxylation is 3. The van der Waals surface area contributed by atoms with Gasteiger partial charge in [-0.3, -0.25) is 9.59 Å². The third-order valence-corrected chi connectivity index (χ3v) is 5.99. The van der Waals surface area contributed by atoms with Crippen LogP contribution < -0.4 is 10.2 Å². The van der Waals surface area contributed by atoms with Crippen LogP contribution in [0.1, 0.15) is 42.0 Å². The fourth-order valence-electron chi connectivity index (χ4n) is 3.95. The van der Waals surface area contributed by atoms with Crippen molar-refractivity contribution in [2.75, 3.05) is 10.2 Å². The van der Waals surface area contributed by atoms with E-state index < -0.39 is 17.6 Å². The van der Waals surface area contributed by atoms with E-state index in [9.17, 15) is 14.0 Å². The van der Waals surface area contributed by atoms with Crippen molar-refractivity contribution in [1.29, 1.82) is 0 Å². The van der Waals surface area contributed by atoms with Gasteiger partial charge in [0.05, 0.1) is 11.3 Å². The minimum atomic E-state index is -0.459. The third kappa shape index (κ3) is 4.58. The number of anilines is 2. The molecule has 0 fully saturated rings. The minimum absolute atomic E-state index is 0.143. The highest BCUT2D eigenvalue weighted by Gasteiger charge is 2.40. The second-order valence-corrected chi connectivity index (χ2v) is 8.40. The van der Waals surface area contributed by atoms with E-state index in [1.54, 1.807) is 12.1 Å². The van der Waals surface area contributed by atoms with Crippen LogP contribution in [0.3, 0.4) is 0 Å². The van der Waals surface area contributed by atoms with Crippen molar-refractivity contribution in [3.63, 3.8) is 0 Å². The van der Waals surface area contributed by atoms with Gasteiger partial charge >= 0.3 is 0 Å². The molecule has 0 unspecified atom stereocenters. The molecule has 0 saturated carbocycles. The average molecular weight is 443 g/mol. The zero-order chi connectivity index (χ0) is 23.5. The van der Waals surface area contributed by atoms with Crippen LogP contribution >= 0.6 is 0 Å². The Hall–Kier alpha value is -3.73. The maximum absolute atomic E-state index is 13.8. The highest BCUT2D eigenvalue weighted by molar-refractivity contribution is 6.46. The molecule has 0 aliphatic carbocycles. The second kappa shape index (κ2) is 9.41. The van der Waals surface area contributed by atoms with Gasteiger partial charge in [-0.05, 0) is 79.3 Å². The Morgan fingerprint density at radius 1 is 0.879 bits per heavy atom. The van der Waals surface area contributed by atoms with Gasteiger partial charge in [-0.1, -0.05) is 49.7 Å². The lowest BCUT2D eigenvalue weighted by molar-refractivity contribution is -0.120. The molecule has 3 aromatic rings. The molecule has 0 atom stereocenters. The molecule has 33 heavy (non-hydrogen) atoms. The number of amides is 2. The van der Waals surface area contributed by atoms with Crippen molar-refractivity contribution in [2.24, 2.45) is 0 Å². The number of nitrogens with zero attached hydrogens (tertiary/aromatic N) is 1. The molecule has 0 aromatic heterocycles. The highest BCUT2D eigenvalue weighted by atomic mass is 19.1. The van der Waals surface area contributed by atoms with Crippen LogP contribution in [0.5, 0.6) is 0 Å². The number of hydrogen-bond donors (Lipinski definition) is 1. The summed E-state index contributed by atoms with van der Waals surface area (Å²) in [6.45, 7) is 6.10. The molecule has 0 spiro atoms. The molecule has 1 aliphatic rings. The Labute approximate surface area is 193 Å². The lowest BCUT2D eigenvalue weighted by Crippen LogP contribution is -2.32. The molecular formula is C28H27FN2O2. The normalized spacial score (nSPS) is 13.8. The maximum Gasteiger partial charge on any atom is 0.282 e. The number of nitrogens with one attached hydrogen (secondary N) is 1. The van der Waals surface area contributed by atoms with Crippen LogP contribution in [0.15, 0.2) is 72.4 Å². The van der Waals surface area contributed by atoms with E-state index in [1.165, 1.54) is 22.6 Å². The number of rotatable bonds is 7. The Morgan fingerprint density at radius 2 is 1.64 bits per heavy atom. The van der Waals surface area contributed by atoms with Crippen LogP contribution in [0, 0.1) is 19.7 Å². The Balaban J connectivity index is 1.76. The van der Waals surface area contributed by atoms with E-state index in [0.29, 0.717) is 16.9 Å². The zero-order valence-electron chi connectivity index (χ0n) is 19.1. The SMILES string of the molecule is CCCCc1ccc(N2C(=O)C(Nc3cccc(F)c3)=C(c3ccc(C)c(C)c3)C2=O)cc1. The first-order chi connectivity index (χ1) is 15.9. The number of unbranched alkanes of at least 4 members (excludes halogenated alkanes) is 1. The van der Waals surface area contributed by atoms with Gasteiger partial charge in [0, 0.05) is 5.69 Å². The van der Waals surface area contributed by atoms with Crippen molar-refractivity contribution < 1.29 is 14.0 Å². The van der Waals surface area contributed by atoms with Gasteiger partial charge in [-0.25, -0.2) is 9.29 Å². The molecule has 0 bridgehead atoms. The van der Waals surface area contributed by atoms with Gasteiger partial charge in [-0.2, -0.15) is 0 Å². The predicted molar refractivity (Wildman–Crippen MR) is 130 cm³/mol. The van der Waals surface area contributed by atoms with Crippen LogP contribution in [0.4, 0.5) is 15.8 Å². The fourth-order valence-corrected chi connectivity index (χ4v) is 3.95. The van der Waals surface area contributed by atoms with Crippen LogP contribution in [-0.2, 0) is 16.0 Å². The molecule has 4 nitrogen and oxygen atoms in total. The predicted octanol–water partition coefficient (Wildman–Crippen LogP) is 6.18. The number of imide groups is 1. The molecule has 4 rings (SSSR count). The third-order valence-electron chi connectivity index (χ3n) is 5.99. The summed E-state index contributed by atoms with van der Waals surface area (Å²) < 4.78 is 13.8. The molecular weight excluding hydrogens is 415 g/mol. The fraction of sp³-hybridized carbons (Fsp3) is 0.214. The average Bonchev–Trinajstić information content (AvgIpc) is 3.04. The van der Waals surface area contributed by atoms with E-state index in [4.69, 9.17) is 0 Å². The lowest BCUT2D eigenvalue weighted by atomic mass is 9.99. The van der Waals surface area contributed by atoms with Gasteiger partial charge in [0.15, 0.2) is 0 Å². The first kappa shape index (κ1) is 22.5. The van der Waals surface area contributed by atoms with Crippen molar-refractivity contribution in [3.8, 4) is 0 Å². The van der Waals surface area contributed by atoms with Gasteiger partial charge in [0.1, 0.15) is 11.5 Å². The van der Waals surface area contributed by atoms with E-state index in [2.05, 4.69) is 12.2 Å². The molecule has 0 radical (unpaired) electrons. The number of carbonyl (C=O) groups excluding carboxylic acids is 2. The summed E-state index contributed by atoms with van der Waals surface area (Å²) in [6.07, 6.45) is 3.14. The van der Waals surface area contributed by atoms with Crippen molar-refractivity contribution >= 4 is 28.8 Å². The second-order valence-electron chi connectivity index (χ2n) is 8.40. The van der Waals surface area contributed by atoms with Gasteiger partial charge in [-0.15, -0.1) is 0 Å². The first-order valence-corrected chi connectivity index (χ1v) is 11.2. The number of benzene rings is 3. The smallest absolute Gasteiger partial charge is 0.282 e. The quantitative estimate of drug-likeness (QED) is 0.445. The van der Waals surface area contributed by atoms with Gasteiger partial charge < -0.3 is 5.32 Å². The van der Waals surface area contributed by atoms with Crippen LogP contribution in [-0.4, -0.2) is 11.8 Å². The molecule has 5 heteroatoms. The molecule has 1 N–H and O–H groups in total. The topological polar surface area (TPSA) is 49.4 Å². The van der Waals surface area contributed by atoms with E-state index in [0.717, 1.165) is 30.4 Å². The van der Waals surface area contributed by atoms with E-state index in [1.807, 2.05) is 56.3 Å². The Bertz CT molecular complexity index is 1250. The largest absolute Gasteiger partial charge is 0.350 e. The Kier molecular flexibility index (Phi) is 6.40. The summed E-state index contributed by atoms with van der Waals surface area (Å²) in [6, 6.07) is 19.1.